The van der Waals surface area contributed by atoms with Crippen LogP contribution in [-0.2, 0) is 0 Å². The summed E-state index contributed by atoms with van der Waals surface area (Å²) in [5.74, 6) is 0. The largest absolute Gasteiger partial charge is 0.398 e. The summed E-state index contributed by atoms with van der Waals surface area (Å²) >= 11 is 3.38. The third-order valence-electron chi connectivity index (χ3n) is 1.87. The summed E-state index contributed by atoms with van der Waals surface area (Å²) in [6.45, 7) is 3.65. The van der Waals surface area contributed by atoms with Crippen LogP contribution in [0.25, 0.3) is 0 Å². The van der Waals surface area contributed by atoms with E-state index in [0.717, 1.165) is 22.1 Å². The highest BCUT2D eigenvalue weighted by Crippen LogP contribution is 2.24. The molecule has 70 valence electrons. The van der Waals surface area contributed by atoms with E-state index in [2.05, 4.69) is 22.5 Å². The summed E-state index contributed by atoms with van der Waals surface area (Å²) in [7, 11) is 0. The first-order valence-electron chi connectivity index (χ1n) is 4.06. The third-order valence-corrected chi connectivity index (χ3v) is 2.36. The highest BCUT2D eigenvalue weighted by Gasteiger charge is 2.07. The van der Waals surface area contributed by atoms with Crippen molar-refractivity contribution < 1.29 is 0 Å². The predicted octanol–water partition coefficient (Wildman–Crippen LogP) is 2.61. The van der Waals surface area contributed by atoms with E-state index < -0.39 is 0 Å². The lowest BCUT2D eigenvalue weighted by Crippen LogP contribution is -2.11. The standard InChI is InChI=1S/C10H13BrN2/c1-2-3-9(12)8-6-7(11)4-5-10(8)13/h2,4-6,9H,1,3,12-13H2/t9-/m0/s1. The van der Waals surface area contributed by atoms with Crippen molar-refractivity contribution in [3.8, 4) is 0 Å². The quantitative estimate of drug-likeness (QED) is 0.631. The minimum Gasteiger partial charge on any atom is -0.398 e. The molecule has 0 aliphatic heterocycles. The first-order valence-corrected chi connectivity index (χ1v) is 4.86. The number of hydrogen-bond donors (Lipinski definition) is 2. The van der Waals surface area contributed by atoms with E-state index in [-0.39, 0.29) is 6.04 Å². The van der Waals surface area contributed by atoms with Gasteiger partial charge in [-0.2, -0.15) is 0 Å². The van der Waals surface area contributed by atoms with Crippen molar-refractivity contribution >= 4 is 21.6 Å². The lowest BCUT2D eigenvalue weighted by Gasteiger charge is -2.12. The first kappa shape index (κ1) is 10.3. The van der Waals surface area contributed by atoms with Gasteiger partial charge in [0.25, 0.3) is 0 Å². The van der Waals surface area contributed by atoms with Crippen LogP contribution in [0.1, 0.15) is 18.0 Å². The van der Waals surface area contributed by atoms with E-state index in [1.54, 1.807) is 6.08 Å². The molecule has 0 aliphatic rings. The molecule has 0 spiro atoms. The van der Waals surface area contributed by atoms with E-state index in [4.69, 9.17) is 11.5 Å². The number of anilines is 1. The maximum absolute atomic E-state index is 5.90. The molecule has 0 radical (unpaired) electrons. The topological polar surface area (TPSA) is 52.0 Å². The molecule has 0 bridgehead atoms. The highest BCUT2D eigenvalue weighted by molar-refractivity contribution is 9.10. The molecule has 0 unspecified atom stereocenters. The molecule has 0 saturated heterocycles. The summed E-state index contributed by atoms with van der Waals surface area (Å²) in [5, 5.41) is 0. The zero-order chi connectivity index (χ0) is 9.84. The van der Waals surface area contributed by atoms with Crippen LogP contribution in [0.2, 0.25) is 0 Å². The zero-order valence-electron chi connectivity index (χ0n) is 7.33. The normalized spacial score (nSPS) is 12.5. The maximum Gasteiger partial charge on any atom is 0.0363 e. The van der Waals surface area contributed by atoms with Crippen LogP contribution in [-0.4, -0.2) is 0 Å². The minimum atomic E-state index is -0.0602. The van der Waals surface area contributed by atoms with E-state index in [1.165, 1.54) is 0 Å². The second-order valence-corrected chi connectivity index (χ2v) is 3.82. The SMILES string of the molecule is C=CC[C@H](N)c1cc(Br)ccc1N. The highest BCUT2D eigenvalue weighted by atomic mass is 79.9. The molecule has 1 atom stereocenters. The molecule has 0 amide bonds. The Hall–Kier alpha value is -0.800. The van der Waals surface area contributed by atoms with Crippen LogP contribution >= 0.6 is 15.9 Å². The van der Waals surface area contributed by atoms with Gasteiger partial charge in [0.05, 0.1) is 0 Å². The molecule has 1 rings (SSSR count). The number of benzene rings is 1. The number of halogens is 1. The predicted molar refractivity (Wildman–Crippen MR) is 60.3 cm³/mol. The Morgan fingerprint density at radius 3 is 2.85 bits per heavy atom. The summed E-state index contributed by atoms with van der Waals surface area (Å²) < 4.78 is 0.996. The Kier molecular flexibility index (Phi) is 3.51. The van der Waals surface area contributed by atoms with Crippen LogP contribution in [0.4, 0.5) is 5.69 Å². The van der Waals surface area contributed by atoms with Crippen molar-refractivity contribution in [2.45, 2.75) is 12.5 Å². The number of hydrogen-bond acceptors (Lipinski definition) is 2. The fraction of sp³-hybridized carbons (Fsp3) is 0.200. The van der Waals surface area contributed by atoms with Crippen molar-refractivity contribution in [3.05, 3.63) is 40.9 Å². The van der Waals surface area contributed by atoms with Gasteiger partial charge < -0.3 is 11.5 Å². The molecule has 0 aliphatic carbocycles. The van der Waals surface area contributed by atoms with E-state index in [9.17, 15) is 0 Å². The Morgan fingerprint density at radius 1 is 1.54 bits per heavy atom. The van der Waals surface area contributed by atoms with Crippen molar-refractivity contribution in [3.63, 3.8) is 0 Å². The third kappa shape index (κ3) is 2.57. The second kappa shape index (κ2) is 4.44. The van der Waals surface area contributed by atoms with Crippen molar-refractivity contribution in [2.24, 2.45) is 5.73 Å². The van der Waals surface area contributed by atoms with Gasteiger partial charge in [-0.3, -0.25) is 0 Å². The molecular formula is C10H13BrN2. The Bertz CT molecular complexity index is 310. The van der Waals surface area contributed by atoms with E-state index in [0.29, 0.717) is 0 Å². The van der Waals surface area contributed by atoms with Crippen LogP contribution in [0.15, 0.2) is 35.3 Å². The summed E-state index contributed by atoms with van der Waals surface area (Å²) in [4.78, 5) is 0. The summed E-state index contributed by atoms with van der Waals surface area (Å²) in [6, 6.07) is 5.64. The smallest absolute Gasteiger partial charge is 0.0363 e. The molecular weight excluding hydrogens is 228 g/mol. The average molecular weight is 241 g/mol. The molecule has 0 heterocycles. The van der Waals surface area contributed by atoms with Gasteiger partial charge in [0.1, 0.15) is 0 Å². The van der Waals surface area contributed by atoms with Gasteiger partial charge in [-0.25, -0.2) is 0 Å². The zero-order valence-corrected chi connectivity index (χ0v) is 8.92. The van der Waals surface area contributed by atoms with Gasteiger partial charge >= 0.3 is 0 Å². The molecule has 0 fully saturated rings. The Balaban J connectivity index is 2.97. The molecule has 2 nitrogen and oxygen atoms in total. The van der Waals surface area contributed by atoms with Gasteiger partial charge in [-0.05, 0) is 30.2 Å². The molecule has 3 heteroatoms. The van der Waals surface area contributed by atoms with Gasteiger partial charge in [0.2, 0.25) is 0 Å². The summed E-state index contributed by atoms with van der Waals surface area (Å²) in [5.41, 5.74) is 13.4. The first-order chi connectivity index (χ1) is 6.15. The maximum atomic E-state index is 5.90. The number of nitrogens with two attached hydrogens (primary N) is 2. The Labute approximate surface area is 86.7 Å². The number of nitrogen functional groups attached to an aromatic ring is 1. The molecule has 1 aromatic rings. The van der Waals surface area contributed by atoms with Gasteiger partial charge in [-0.1, -0.05) is 22.0 Å². The number of rotatable bonds is 3. The van der Waals surface area contributed by atoms with Crippen LogP contribution in [0, 0.1) is 0 Å². The molecule has 13 heavy (non-hydrogen) atoms. The van der Waals surface area contributed by atoms with E-state index in [1.807, 2.05) is 18.2 Å². The Morgan fingerprint density at radius 2 is 2.23 bits per heavy atom. The van der Waals surface area contributed by atoms with Crippen LogP contribution < -0.4 is 11.5 Å². The monoisotopic (exact) mass is 240 g/mol. The van der Waals surface area contributed by atoms with Crippen molar-refractivity contribution in [2.75, 3.05) is 5.73 Å². The van der Waals surface area contributed by atoms with E-state index >= 15 is 0 Å². The molecule has 0 saturated carbocycles. The van der Waals surface area contributed by atoms with Gasteiger partial charge in [-0.15, -0.1) is 6.58 Å². The van der Waals surface area contributed by atoms with Crippen molar-refractivity contribution in [1.29, 1.82) is 0 Å². The van der Waals surface area contributed by atoms with Crippen LogP contribution in [0.5, 0.6) is 0 Å². The van der Waals surface area contributed by atoms with Crippen molar-refractivity contribution in [1.82, 2.24) is 0 Å². The molecule has 4 N–H and O–H groups in total. The fourth-order valence-electron chi connectivity index (χ4n) is 1.17. The minimum absolute atomic E-state index is 0.0602. The lowest BCUT2D eigenvalue weighted by molar-refractivity contribution is 0.744. The van der Waals surface area contributed by atoms with Crippen LogP contribution in [0.3, 0.4) is 0 Å². The molecule has 1 aromatic carbocycles. The molecule has 0 aromatic heterocycles. The lowest BCUT2D eigenvalue weighted by atomic mass is 10.0. The second-order valence-electron chi connectivity index (χ2n) is 2.90. The van der Waals surface area contributed by atoms with Gasteiger partial charge in [0, 0.05) is 16.2 Å². The fourth-order valence-corrected chi connectivity index (χ4v) is 1.55. The average Bonchev–Trinajstić information content (AvgIpc) is 2.09. The summed E-state index contributed by atoms with van der Waals surface area (Å²) in [6.07, 6.45) is 2.53. The van der Waals surface area contributed by atoms with Gasteiger partial charge in [0.15, 0.2) is 0 Å².